The van der Waals surface area contributed by atoms with E-state index in [0.717, 1.165) is 11.1 Å². The summed E-state index contributed by atoms with van der Waals surface area (Å²) in [6.07, 6.45) is 1.64. The SMILES string of the molecule is OCc1cccc(/C(=N/O)c2ccccn2)c1. The molecule has 0 amide bonds. The molecule has 4 nitrogen and oxygen atoms in total. The first-order valence-corrected chi connectivity index (χ1v) is 5.19. The van der Waals surface area contributed by atoms with Gasteiger partial charge in [-0.2, -0.15) is 0 Å². The lowest BCUT2D eigenvalue weighted by atomic mass is 10.0. The Morgan fingerprint density at radius 3 is 2.71 bits per heavy atom. The number of rotatable bonds is 3. The Balaban J connectivity index is 2.43. The first-order valence-electron chi connectivity index (χ1n) is 5.19. The van der Waals surface area contributed by atoms with Crippen molar-refractivity contribution in [3.8, 4) is 0 Å². The van der Waals surface area contributed by atoms with Crippen molar-refractivity contribution in [2.24, 2.45) is 5.16 Å². The minimum Gasteiger partial charge on any atom is -0.410 e. The summed E-state index contributed by atoms with van der Waals surface area (Å²) in [6.45, 7) is -0.0469. The van der Waals surface area contributed by atoms with E-state index in [-0.39, 0.29) is 6.61 Å². The minimum absolute atomic E-state index is 0.0469. The second kappa shape index (κ2) is 5.23. The Morgan fingerprint density at radius 2 is 2.06 bits per heavy atom. The molecule has 2 N–H and O–H groups in total. The van der Waals surface area contributed by atoms with Crippen LogP contribution in [-0.2, 0) is 6.61 Å². The molecule has 0 spiro atoms. The van der Waals surface area contributed by atoms with Crippen LogP contribution >= 0.6 is 0 Å². The molecule has 0 bridgehead atoms. The van der Waals surface area contributed by atoms with Crippen molar-refractivity contribution in [3.63, 3.8) is 0 Å². The third-order valence-corrected chi connectivity index (χ3v) is 2.39. The highest BCUT2D eigenvalue weighted by Gasteiger charge is 2.08. The molecule has 0 fully saturated rings. The van der Waals surface area contributed by atoms with E-state index >= 15 is 0 Å². The van der Waals surface area contributed by atoms with Gasteiger partial charge in [-0.1, -0.05) is 29.4 Å². The summed E-state index contributed by atoms with van der Waals surface area (Å²) in [7, 11) is 0. The number of aliphatic hydroxyl groups excluding tert-OH is 1. The predicted molar refractivity (Wildman–Crippen MR) is 64.0 cm³/mol. The van der Waals surface area contributed by atoms with Crippen LogP contribution in [0.1, 0.15) is 16.8 Å². The first kappa shape index (κ1) is 11.3. The quantitative estimate of drug-likeness (QED) is 0.478. The molecule has 0 saturated heterocycles. The minimum atomic E-state index is -0.0469. The van der Waals surface area contributed by atoms with E-state index in [0.29, 0.717) is 11.4 Å². The molecule has 0 unspecified atom stereocenters. The summed E-state index contributed by atoms with van der Waals surface area (Å²) in [5, 5.41) is 21.4. The summed E-state index contributed by atoms with van der Waals surface area (Å²) < 4.78 is 0. The Morgan fingerprint density at radius 1 is 1.18 bits per heavy atom. The van der Waals surface area contributed by atoms with Crippen molar-refractivity contribution in [1.29, 1.82) is 0 Å². The molecule has 1 aromatic carbocycles. The molecule has 0 aliphatic carbocycles. The molecule has 1 aromatic heterocycles. The maximum atomic E-state index is 9.08. The summed E-state index contributed by atoms with van der Waals surface area (Å²) in [5.74, 6) is 0. The highest BCUT2D eigenvalue weighted by Crippen LogP contribution is 2.11. The zero-order valence-corrected chi connectivity index (χ0v) is 9.11. The number of oxime groups is 1. The molecule has 17 heavy (non-hydrogen) atoms. The summed E-state index contributed by atoms with van der Waals surface area (Å²) in [5.41, 5.74) is 2.46. The number of hydrogen-bond acceptors (Lipinski definition) is 4. The van der Waals surface area contributed by atoms with Crippen LogP contribution in [0.5, 0.6) is 0 Å². The fourth-order valence-corrected chi connectivity index (χ4v) is 1.58. The van der Waals surface area contributed by atoms with Gasteiger partial charge in [0.1, 0.15) is 5.71 Å². The fraction of sp³-hybridized carbons (Fsp3) is 0.0769. The van der Waals surface area contributed by atoms with Gasteiger partial charge in [0, 0.05) is 11.8 Å². The van der Waals surface area contributed by atoms with Crippen LogP contribution in [0, 0.1) is 0 Å². The number of aromatic nitrogens is 1. The smallest absolute Gasteiger partial charge is 0.135 e. The van der Waals surface area contributed by atoms with Crippen molar-refractivity contribution in [2.45, 2.75) is 6.61 Å². The summed E-state index contributed by atoms with van der Waals surface area (Å²) >= 11 is 0. The topological polar surface area (TPSA) is 65.7 Å². The largest absolute Gasteiger partial charge is 0.410 e. The zero-order chi connectivity index (χ0) is 12.1. The van der Waals surface area contributed by atoms with E-state index in [4.69, 9.17) is 10.3 Å². The molecular formula is C13H12N2O2. The highest BCUT2D eigenvalue weighted by molar-refractivity contribution is 6.11. The Labute approximate surface area is 98.9 Å². The monoisotopic (exact) mass is 228 g/mol. The number of hydrogen-bond donors (Lipinski definition) is 2. The average Bonchev–Trinajstić information content (AvgIpc) is 2.41. The number of benzene rings is 1. The lowest BCUT2D eigenvalue weighted by Gasteiger charge is -2.05. The van der Waals surface area contributed by atoms with Crippen molar-refractivity contribution in [1.82, 2.24) is 4.98 Å². The van der Waals surface area contributed by atoms with Gasteiger partial charge in [-0.25, -0.2) is 0 Å². The van der Waals surface area contributed by atoms with Gasteiger partial charge >= 0.3 is 0 Å². The molecule has 86 valence electrons. The predicted octanol–water partition coefficient (Wildman–Crippen LogP) is 1.80. The van der Waals surface area contributed by atoms with Crippen LogP contribution in [0.4, 0.5) is 0 Å². The fourth-order valence-electron chi connectivity index (χ4n) is 1.58. The molecule has 2 rings (SSSR count). The maximum Gasteiger partial charge on any atom is 0.135 e. The second-order valence-corrected chi connectivity index (χ2v) is 3.52. The normalized spacial score (nSPS) is 11.5. The summed E-state index contributed by atoms with van der Waals surface area (Å²) in [6, 6.07) is 12.6. The van der Waals surface area contributed by atoms with E-state index in [1.807, 2.05) is 12.1 Å². The zero-order valence-electron chi connectivity index (χ0n) is 9.11. The van der Waals surface area contributed by atoms with Gasteiger partial charge in [-0.3, -0.25) is 4.98 Å². The molecule has 0 aliphatic rings. The lowest BCUT2D eigenvalue weighted by Crippen LogP contribution is -2.06. The highest BCUT2D eigenvalue weighted by atomic mass is 16.4. The van der Waals surface area contributed by atoms with Gasteiger partial charge in [-0.15, -0.1) is 0 Å². The molecule has 2 aromatic rings. The number of aliphatic hydroxyl groups is 1. The number of pyridine rings is 1. The van der Waals surface area contributed by atoms with E-state index in [9.17, 15) is 0 Å². The second-order valence-electron chi connectivity index (χ2n) is 3.52. The van der Waals surface area contributed by atoms with Crippen molar-refractivity contribution < 1.29 is 10.3 Å². The van der Waals surface area contributed by atoms with Gasteiger partial charge in [0.25, 0.3) is 0 Å². The lowest BCUT2D eigenvalue weighted by molar-refractivity contribution is 0.282. The van der Waals surface area contributed by atoms with E-state index in [2.05, 4.69) is 10.1 Å². The third kappa shape index (κ3) is 2.49. The van der Waals surface area contributed by atoms with Gasteiger partial charge in [0.15, 0.2) is 0 Å². The Kier molecular flexibility index (Phi) is 3.47. The Hall–Kier alpha value is -2.20. The molecule has 1 heterocycles. The third-order valence-electron chi connectivity index (χ3n) is 2.39. The molecule has 0 saturated carbocycles. The van der Waals surface area contributed by atoms with Crippen LogP contribution in [0.25, 0.3) is 0 Å². The van der Waals surface area contributed by atoms with Crippen LogP contribution in [-0.4, -0.2) is 21.0 Å². The van der Waals surface area contributed by atoms with Crippen LogP contribution in [0.3, 0.4) is 0 Å². The summed E-state index contributed by atoms with van der Waals surface area (Å²) in [4.78, 5) is 4.13. The van der Waals surface area contributed by atoms with Crippen LogP contribution in [0.15, 0.2) is 53.8 Å². The standard InChI is InChI=1S/C13H12N2O2/c16-9-10-4-3-5-11(8-10)13(15-17)12-6-1-2-7-14-12/h1-8,16-17H,9H2/b15-13-. The maximum absolute atomic E-state index is 9.08. The molecule has 0 aliphatic heterocycles. The number of nitrogens with zero attached hydrogens (tertiary/aromatic N) is 2. The van der Waals surface area contributed by atoms with Gasteiger partial charge in [0.2, 0.25) is 0 Å². The molecular weight excluding hydrogens is 216 g/mol. The molecule has 0 radical (unpaired) electrons. The van der Waals surface area contributed by atoms with Crippen molar-refractivity contribution >= 4 is 5.71 Å². The van der Waals surface area contributed by atoms with Crippen LogP contribution < -0.4 is 0 Å². The van der Waals surface area contributed by atoms with Gasteiger partial charge in [-0.05, 0) is 23.8 Å². The molecule has 4 heteroatoms. The van der Waals surface area contributed by atoms with E-state index < -0.39 is 0 Å². The Bertz CT molecular complexity index is 524. The van der Waals surface area contributed by atoms with Crippen LogP contribution in [0.2, 0.25) is 0 Å². The van der Waals surface area contributed by atoms with Crippen molar-refractivity contribution in [3.05, 3.63) is 65.5 Å². The van der Waals surface area contributed by atoms with Gasteiger partial charge < -0.3 is 10.3 Å². The van der Waals surface area contributed by atoms with E-state index in [1.165, 1.54) is 0 Å². The average molecular weight is 228 g/mol. The molecule has 0 atom stereocenters. The van der Waals surface area contributed by atoms with E-state index in [1.54, 1.807) is 36.5 Å². The van der Waals surface area contributed by atoms with Crippen molar-refractivity contribution in [2.75, 3.05) is 0 Å². The van der Waals surface area contributed by atoms with Gasteiger partial charge in [0.05, 0.1) is 12.3 Å². The first-order chi connectivity index (χ1) is 8.35.